The van der Waals surface area contributed by atoms with E-state index in [2.05, 4.69) is 10.6 Å². The quantitative estimate of drug-likeness (QED) is 0.527. The molecule has 7 heteroatoms. The fourth-order valence-corrected chi connectivity index (χ4v) is 1.61. The van der Waals surface area contributed by atoms with Crippen LogP contribution >= 0.6 is 0 Å². The third-order valence-electron chi connectivity index (χ3n) is 2.82. The number of carbonyl (C=O) groups excluding carboxylic acids is 1. The van der Waals surface area contributed by atoms with Crippen molar-refractivity contribution in [2.75, 3.05) is 33.5 Å². The predicted molar refractivity (Wildman–Crippen MR) is 79.3 cm³/mol. The first-order chi connectivity index (χ1) is 9.79. The Labute approximate surface area is 126 Å². The summed E-state index contributed by atoms with van der Waals surface area (Å²) in [5, 5.41) is 14.2. The fourth-order valence-electron chi connectivity index (χ4n) is 1.61. The average Bonchev–Trinajstić information content (AvgIpc) is 2.37. The van der Waals surface area contributed by atoms with Gasteiger partial charge in [0.15, 0.2) is 0 Å². The number of carboxylic acid groups (broad SMARTS) is 1. The second-order valence-corrected chi connectivity index (χ2v) is 5.85. The molecule has 0 aromatic carbocycles. The van der Waals surface area contributed by atoms with Crippen LogP contribution in [0.15, 0.2) is 0 Å². The van der Waals surface area contributed by atoms with Gasteiger partial charge in [-0.15, -0.1) is 0 Å². The Bertz CT molecular complexity index is 315. The molecule has 0 aliphatic heterocycles. The molecule has 2 amide bonds. The van der Waals surface area contributed by atoms with E-state index < -0.39 is 23.5 Å². The molecule has 3 N–H and O–H groups in total. The van der Waals surface area contributed by atoms with Crippen molar-refractivity contribution in [2.24, 2.45) is 5.41 Å². The van der Waals surface area contributed by atoms with Crippen molar-refractivity contribution in [1.29, 1.82) is 0 Å². The fraction of sp³-hybridized carbons (Fsp3) is 0.857. The minimum Gasteiger partial charge on any atom is -0.480 e. The minimum absolute atomic E-state index is 0.461. The normalized spacial score (nSPS) is 12.8. The van der Waals surface area contributed by atoms with Gasteiger partial charge in [0.1, 0.15) is 6.04 Å². The number of hydrogen-bond acceptors (Lipinski definition) is 4. The molecular weight excluding hydrogens is 276 g/mol. The molecule has 0 unspecified atom stereocenters. The summed E-state index contributed by atoms with van der Waals surface area (Å²) in [6.45, 7) is 7.54. The molecule has 0 bridgehead atoms. The van der Waals surface area contributed by atoms with E-state index in [-0.39, 0.29) is 0 Å². The maximum absolute atomic E-state index is 11.6. The number of hydrogen-bond donors (Lipinski definition) is 3. The number of aliphatic carboxylic acids is 1. The highest BCUT2D eigenvalue weighted by Gasteiger charge is 2.32. The van der Waals surface area contributed by atoms with Crippen LogP contribution in [0, 0.1) is 5.41 Å². The molecule has 124 valence electrons. The van der Waals surface area contributed by atoms with Crippen LogP contribution < -0.4 is 10.6 Å². The number of methoxy groups -OCH3 is 1. The molecule has 0 radical (unpaired) electrons. The topological polar surface area (TPSA) is 96.9 Å². The molecular formula is C14H28N2O5. The second kappa shape index (κ2) is 10.4. The zero-order valence-corrected chi connectivity index (χ0v) is 13.4. The maximum atomic E-state index is 11.6. The second-order valence-electron chi connectivity index (χ2n) is 5.85. The molecule has 7 nitrogen and oxygen atoms in total. The highest BCUT2D eigenvalue weighted by atomic mass is 16.5. The number of rotatable bonds is 10. The molecule has 0 heterocycles. The molecule has 0 aliphatic carbocycles. The lowest BCUT2D eigenvalue weighted by Crippen LogP contribution is -2.52. The Hall–Kier alpha value is -1.34. The average molecular weight is 304 g/mol. The molecule has 0 saturated heterocycles. The van der Waals surface area contributed by atoms with Crippen molar-refractivity contribution < 1.29 is 24.2 Å². The van der Waals surface area contributed by atoms with Crippen molar-refractivity contribution in [3.63, 3.8) is 0 Å². The van der Waals surface area contributed by atoms with E-state index in [0.717, 1.165) is 12.8 Å². The predicted octanol–water partition coefficient (Wildman–Crippen LogP) is 1.23. The monoisotopic (exact) mass is 304 g/mol. The van der Waals surface area contributed by atoms with E-state index in [1.807, 2.05) is 0 Å². The molecule has 0 aromatic heterocycles. The van der Waals surface area contributed by atoms with Gasteiger partial charge in [0, 0.05) is 20.3 Å². The number of ether oxygens (including phenoxy) is 2. The van der Waals surface area contributed by atoms with Gasteiger partial charge in [-0.3, -0.25) is 0 Å². The lowest BCUT2D eigenvalue weighted by Gasteiger charge is -2.27. The molecule has 1 atom stereocenters. The first-order valence-electron chi connectivity index (χ1n) is 7.13. The summed E-state index contributed by atoms with van der Waals surface area (Å²) in [5.41, 5.74) is -0.543. The van der Waals surface area contributed by atoms with Crippen LogP contribution in [0.1, 0.15) is 33.6 Å². The van der Waals surface area contributed by atoms with Gasteiger partial charge in [-0.1, -0.05) is 20.8 Å². The number of urea groups is 1. The van der Waals surface area contributed by atoms with E-state index in [0.29, 0.717) is 26.4 Å². The summed E-state index contributed by atoms with van der Waals surface area (Å²) in [5.74, 6) is -1.04. The Kier molecular flexibility index (Phi) is 9.73. The zero-order chi connectivity index (χ0) is 16.3. The first-order valence-corrected chi connectivity index (χ1v) is 7.13. The Balaban J connectivity index is 3.77. The van der Waals surface area contributed by atoms with Crippen LogP contribution in [-0.4, -0.2) is 56.6 Å². The molecule has 0 fully saturated rings. The van der Waals surface area contributed by atoms with Crippen LogP contribution in [0.4, 0.5) is 4.79 Å². The minimum atomic E-state index is -1.04. The van der Waals surface area contributed by atoms with Crippen molar-refractivity contribution in [1.82, 2.24) is 10.6 Å². The van der Waals surface area contributed by atoms with Crippen molar-refractivity contribution in [3.8, 4) is 0 Å². The van der Waals surface area contributed by atoms with Crippen LogP contribution in [0.3, 0.4) is 0 Å². The first kappa shape index (κ1) is 19.7. The number of amides is 2. The Morgan fingerprint density at radius 1 is 1.14 bits per heavy atom. The highest BCUT2D eigenvalue weighted by molar-refractivity contribution is 5.83. The molecule has 21 heavy (non-hydrogen) atoms. The van der Waals surface area contributed by atoms with E-state index in [4.69, 9.17) is 14.6 Å². The summed E-state index contributed by atoms with van der Waals surface area (Å²) in [7, 11) is 1.62. The van der Waals surface area contributed by atoms with E-state index >= 15 is 0 Å². The largest absolute Gasteiger partial charge is 0.480 e. The summed E-state index contributed by atoms with van der Waals surface area (Å²) in [6.07, 6.45) is 1.60. The van der Waals surface area contributed by atoms with E-state index in [9.17, 15) is 9.59 Å². The van der Waals surface area contributed by atoms with E-state index in [1.54, 1.807) is 27.9 Å². The van der Waals surface area contributed by atoms with Crippen molar-refractivity contribution >= 4 is 12.0 Å². The van der Waals surface area contributed by atoms with E-state index in [1.165, 1.54) is 0 Å². The van der Waals surface area contributed by atoms with Crippen molar-refractivity contribution in [3.05, 3.63) is 0 Å². The number of nitrogens with one attached hydrogen (secondary N) is 2. The smallest absolute Gasteiger partial charge is 0.326 e. The highest BCUT2D eigenvalue weighted by Crippen LogP contribution is 2.19. The van der Waals surface area contributed by atoms with Crippen LogP contribution in [0.5, 0.6) is 0 Å². The summed E-state index contributed by atoms with van der Waals surface area (Å²) < 4.78 is 10.1. The van der Waals surface area contributed by atoms with Gasteiger partial charge in [0.05, 0.1) is 13.2 Å². The van der Waals surface area contributed by atoms with Gasteiger partial charge in [-0.05, 0) is 18.3 Å². The van der Waals surface area contributed by atoms with Gasteiger partial charge in [0.25, 0.3) is 0 Å². The lowest BCUT2D eigenvalue weighted by atomic mass is 9.87. The van der Waals surface area contributed by atoms with Gasteiger partial charge in [-0.2, -0.15) is 0 Å². The van der Waals surface area contributed by atoms with Crippen molar-refractivity contribution in [2.45, 2.75) is 39.7 Å². The van der Waals surface area contributed by atoms with Crippen LogP contribution in [0.2, 0.25) is 0 Å². The van der Waals surface area contributed by atoms with Crippen LogP contribution in [0.25, 0.3) is 0 Å². The third-order valence-corrected chi connectivity index (χ3v) is 2.82. The van der Waals surface area contributed by atoms with Gasteiger partial charge < -0.3 is 25.2 Å². The summed E-state index contributed by atoms with van der Waals surface area (Å²) in [4.78, 5) is 22.8. The Morgan fingerprint density at radius 2 is 1.81 bits per heavy atom. The van der Waals surface area contributed by atoms with Crippen LogP contribution in [-0.2, 0) is 14.3 Å². The molecule has 0 aromatic rings. The zero-order valence-electron chi connectivity index (χ0n) is 13.4. The van der Waals surface area contributed by atoms with Gasteiger partial charge >= 0.3 is 12.0 Å². The van der Waals surface area contributed by atoms with Gasteiger partial charge in [-0.25, -0.2) is 9.59 Å². The third kappa shape index (κ3) is 10.1. The molecule has 0 rings (SSSR count). The summed E-state index contributed by atoms with van der Waals surface area (Å²) >= 11 is 0. The number of carboxylic acids is 1. The maximum Gasteiger partial charge on any atom is 0.326 e. The van der Waals surface area contributed by atoms with Gasteiger partial charge in [0.2, 0.25) is 0 Å². The molecule has 0 aliphatic rings. The number of unbranched alkanes of at least 4 members (excludes halogenated alkanes) is 1. The summed E-state index contributed by atoms with van der Waals surface area (Å²) in [6, 6.07) is -1.38. The SMILES string of the molecule is COCCOCCCCNC(=O)N[C@@H](C(=O)O)C(C)(C)C. The lowest BCUT2D eigenvalue weighted by molar-refractivity contribution is -0.141. The standard InChI is InChI=1S/C14H28N2O5/c1-14(2,3)11(12(17)18)16-13(19)15-7-5-6-8-21-10-9-20-4/h11H,5-10H2,1-4H3,(H,17,18)(H2,15,16,19)/t11-/m0/s1. The molecule has 0 saturated carbocycles. The Morgan fingerprint density at radius 3 is 2.33 bits per heavy atom. The molecule has 0 spiro atoms. The number of carbonyl (C=O) groups is 2.